The SMILES string of the molecule is CCC(Cl)C[C@@]1(C)NC(C)=NC1C. The van der Waals surface area contributed by atoms with Crippen LogP contribution in [0.15, 0.2) is 4.99 Å². The summed E-state index contributed by atoms with van der Waals surface area (Å²) in [5.74, 6) is 1.04. The lowest BCUT2D eigenvalue weighted by Gasteiger charge is -2.30. The first-order chi connectivity index (χ1) is 5.98. The van der Waals surface area contributed by atoms with Gasteiger partial charge in [-0.15, -0.1) is 11.6 Å². The van der Waals surface area contributed by atoms with E-state index in [1.165, 1.54) is 0 Å². The summed E-state index contributed by atoms with van der Waals surface area (Å²) in [5.41, 5.74) is 0.0620. The van der Waals surface area contributed by atoms with E-state index in [-0.39, 0.29) is 10.9 Å². The van der Waals surface area contributed by atoms with E-state index in [2.05, 4.69) is 31.1 Å². The van der Waals surface area contributed by atoms with Gasteiger partial charge in [-0.1, -0.05) is 6.92 Å². The Morgan fingerprint density at radius 3 is 2.69 bits per heavy atom. The number of rotatable bonds is 3. The normalized spacial score (nSPS) is 35.5. The molecule has 0 saturated heterocycles. The second kappa shape index (κ2) is 3.87. The zero-order valence-electron chi connectivity index (χ0n) is 8.89. The van der Waals surface area contributed by atoms with Crippen molar-refractivity contribution in [2.45, 2.75) is 57.5 Å². The van der Waals surface area contributed by atoms with E-state index in [0.717, 1.165) is 18.7 Å². The number of nitrogens with zero attached hydrogens (tertiary/aromatic N) is 1. The van der Waals surface area contributed by atoms with Crippen LogP contribution in [0.5, 0.6) is 0 Å². The van der Waals surface area contributed by atoms with Crippen molar-refractivity contribution in [3.63, 3.8) is 0 Å². The first-order valence-corrected chi connectivity index (χ1v) is 5.38. The van der Waals surface area contributed by atoms with Crippen LogP contribution in [0.3, 0.4) is 0 Å². The summed E-state index contributed by atoms with van der Waals surface area (Å²) in [6.07, 6.45) is 2.00. The Kier molecular flexibility index (Phi) is 3.23. The highest BCUT2D eigenvalue weighted by Crippen LogP contribution is 2.27. The quantitative estimate of drug-likeness (QED) is 0.699. The predicted molar refractivity (Wildman–Crippen MR) is 58.7 cm³/mol. The average Bonchev–Trinajstić information content (AvgIpc) is 2.25. The van der Waals surface area contributed by atoms with E-state index in [9.17, 15) is 0 Å². The van der Waals surface area contributed by atoms with Gasteiger partial charge < -0.3 is 5.32 Å². The van der Waals surface area contributed by atoms with Crippen molar-refractivity contribution in [2.24, 2.45) is 4.99 Å². The molecule has 0 aromatic heterocycles. The molecule has 2 unspecified atom stereocenters. The van der Waals surface area contributed by atoms with Crippen molar-refractivity contribution in [3.8, 4) is 0 Å². The topological polar surface area (TPSA) is 24.4 Å². The molecule has 0 saturated carbocycles. The van der Waals surface area contributed by atoms with E-state index in [0.29, 0.717) is 6.04 Å². The van der Waals surface area contributed by atoms with Gasteiger partial charge in [0.05, 0.1) is 17.4 Å². The Hall–Kier alpha value is -0.240. The molecule has 3 atom stereocenters. The summed E-state index contributed by atoms with van der Waals surface area (Å²) in [6.45, 7) is 8.47. The molecule has 0 aliphatic carbocycles. The minimum absolute atomic E-state index is 0.0620. The predicted octanol–water partition coefficient (Wildman–Crippen LogP) is 2.56. The summed E-state index contributed by atoms with van der Waals surface area (Å²) >= 11 is 6.16. The van der Waals surface area contributed by atoms with Gasteiger partial charge >= 0.3 is 0 Å². The van der Waals surface area contributed by atoms with Crippen LogP contribution in [0.2, 0.25) is 0 Å². The van der Waals surface area contributed by atoms with Crippen molar-refractivity contribution in [2.75, 3.05) is 0 Å². The molecule has 2 nitrogen and oxygen atoms in total. The van der Waals surface area contributed by atoms with E-state index >= 15 is 0 Å². The maximum atomic E-state index is 6.16. The summed E-state index contributed by atoms with van der Waals surface area (Å²) in [5, 5.41) is 3.66. The zero-order valence-corrected chi connectivity index (χ0v) is 9.65. The van der Waals surface area contributed by atoms with Crippen LogP contribution in [-0.4, -0.2) is 22.8 Å². The molecular formula is C10H19ClN2. The Morgan fingerprint density at radius 1 is 1.69 bits per heavy atom. The Labute approximate surface area is 85.8 Å². The first-order valence-electron chi connectivity index (χ1n) is 4.94. The molecule has 0 aromatic rings. The first kappa shape index (κ1) is 10.8. The minimum atomic E-state index is 0.0620. The molecule has 1 N–H and O–H groups in total. The number of hydrogen-bond donors (Lipinski definition) is 1. The molecule has 0 spiro atoms. The average molecular weight is 203 g/mol. The van der Waals surface area contributed by atoms with E-state index in [1.807, 2.05) is 6.92 Å². The maximum Gasteiger partial charge on any atom is 0.0940 e. The van der Waals surface area contributed by atoms with Gasteiger partial charge in [-0.05, 0) is 33.6 Å². The highest BCUT2D eigenvalue weighted by atomic mass is 35.5. The third-order valence-electron chi connectivity index (χ3n) is 2.86. The number of alkyl halides is 1. The maximum absolute atomic E-state index is 6.16. The summed E-state index contributed by atoms with van der Waals surface area (Å²) in [6, 6.07) is 0.334. The lowest BCUT2D eigenvalue weighted by Crippen LogP contribution is -2.47. The molecule has 0 bridgehead atoms. The van der Waals surface area contributed by atoms with Gasteiger partial charge in [-0.3, -0.25) is 4.99 Å². The molecule has 1 rings (SSSR count). The van der Waals surface area contributed by atoms with E-state index < -0.39 is 0 Å². The van der Waals surface area contributed by atoms with Crippen LogP contribution in [-0.2, 0) is 0 Å². The fourth-order valence-corrected chi connectivity index (χ4v) is 2.13. The summed E-state index contributed by atoms with van der Waals surface area (Å²) in [4.78, 5) is 4.48. The Balaban J connectivity index is 2.59. The van der Waals surface area contributed by atoms with Crippen LogP contribution < -0.4 is 5.32 Å². The van der Waals surface area contributed by atoms with Gasteiger partial charge in [0.25, 0.3) is 0 Å². The van der Waals surface area contributed by atoms with Gasteiger partial charge in [0.1, 0.15) is 0 Å². The van der Waals surface area contributed by atoms with Crippen molar-refractivity contribution < 1.29 is 0 Å². The molecule has 1 aliphatic rings. The van der Waals surface area contributed by atoms with Crippen LogP contribution >= 0.6 is 11.6 Å². The van der Waals surface area contributed by atoms with Gasteiger partial charge in [-0.2, -0.15) is 0 Å². The number of aliphatic imine (C=N–C) groups is 1. The molecule has 76 valence electrons. The molecule has 0 radical (unpaired) electrons. The van der Waals surface area contributed by atoms with Crippen molar-refractivity contribution >= 4 is 17.4 Å². The van der Waals surface area contributed by atoms with E-state index in [1.54, 1.807) is 0 Å². The third-order valence-corrected chi connectivity index (χ3v) is 3.33. The lowest BCUT2D eigenvalue weighted by molar-refractivity contribution is 0.347. The van der Waals surface area contributed by atoms with Gasteiger partial charge in [0, 0.05) is 5.38 Å². The van der Waals surface area contributed by atoms with Gasteiger partial charge in [0.2, 0.25) is 0 Å². The highest BCUT2D eigenvalue weighted by molar-refractivity contribution is 6.20. The monoisotopic (exact) mass is 202 g/mol. The number of halogens is 1. The standard InChI is InChI=1S/C10H19ClN2/c1-5-9(11)6-10(4)7(2)12-8(3)13-10/h7,9H,5-6H2,1-4H3,(H,12,13)/t7?,9?,10-/m1/s1. The Bertz CT molecular complexity index is 215. The number of nitrogens with one attached hydrogen (secondary N) is 1. The van der Waals surface area contributed by atoms with Gasteiger partial charge in [0.15, 0.2) is 0 Å². The second-order valence-electron chi connectivity index (χ2n) is 4.14. The van der Waals surface area contributed by atoms with Crippen LogP contribution in [0, 0.1) is 0 Å². The van der Waals surface area contributed by atoms with Crippen LogP contribution in [0.1, 0.15) is 40.5 Å². The largest absolute Gasteiger partial charge is 0.367 e. The second-order valence-corrected chi connectivity index (χ2v) is 4.76. The molecule has 13 heavy (non-hydrogen) atoms. The molecule has 1 heterocycles. The molecular weight excluding hydrogens is 184 g/mol. The zero-order chi connectivity index (χ0) is 10.1. The van der Waals surface area contributed by atoms with Crippen LogP contribution in [0.4, 0.5) is 0 Å². The highest BCUT2D eigenvalue weighted by Gasteiger charge is 2.36. The number of hydrogen-bond acceptors (Lipinski definition) is 2. The van der Waals surface area contributed by atoms with Crippen molar-refractivity contribution in [3.05, 3.63) is 0 Å². The summed E-state index contributed by atoms with van der Waals surface area (Å²) < 4.78 is 0. The molecule has 0 fully saturated rings. The van der Waals surface area contributed by atoms with Crippen molar-refractivity contribution in [1.29, 1.82) is 0 Å². The van der Waals surface area contributed by atoms with Crippen LogP contribution in [0.25, 0.3) is 0 Å². The summed E-state index contributed by atoms with van der Waals surface area (Å²) in [7, 11) is 0. The smallest absolute Gasteiger partial charge is 0.0940 e. The lowest BCUT2D eigenvalue weighted by atomic mass is 9.89. The fraction of sp³-hybridized carbons (Fsp3) is 0.900. The molecule has 0 aromatic carbocycles. The Morgan fingerprint density at radius 2 is 2.31 bits per heavy atom. The van der Waals surface area contributed by atoms with Gasteiger partial charge in [-0.25, -0.2) is 0 Å². The molecule has 1 aliphatic heterocycles. The fourth-order valence-electron chi connectivity index (χ4n) is 1.81. The molecule has 3 heteroatoms. The third kappa shape index (κ3) is 2.37. The van der Waals surface area contributed by atoms with E-state index in [4.69, 9.17) is 11.6 Å². The molecule has 0 amide bonds. The minimum Gasteiger partial charge on any atom is -0.367 e. The number of amidine groups is 1. The van der Waals surface area contributed by atoms with Crippen molar-refractivity contribution in [1.82, 2.24) is 5.32 Å².